The summed E-state index contributed by atoms with van der Waals surface area (Å²) < 4.78 is 0. The van der Waals surface area contributed by atoms with Gasteiger partial charge < -0.3 is 16.0 Å². The maximum atomic E-state index is 11.2. The SMILES string of the molecule is CCC(=O)NCCCCCCC(CNCCCC[NH])CNCCCC[NH]. The number of hydrogen-bond acceptors (Lipinski definition) is 3. The van der Waals surface area contributed by atoms with E-state index in [9.17, 15) is 4.79 Å². The number of nitrogens with one attached hydrogen (secondary N) is 5. The summed E-state index contributed by atoms with van der Waals surface area (Å²) in [6.45, 7) is 7.90. The molecule has 0 aliphatic carbocycles. The standard InChI is InChI=1S/C20H43N5O/c1-2-20(26)25-16-8-4-3-5-11-19(17-23-14-9-6-12-21)18-24-15-10-7-13-22/h19,21-24H,2-18H2,1H3,(H,25,26). The van der Waals surface area contributed by atoms with Crippen LogP contribution in [0.5, 0.6) is 0 Å². The van der Waals surface area contributed by atoms with Gasteiger partial charge >= 0.3 is 0 Å². The highest BCUT2D eigenvalue weighted by molar-refractivity contribution is 5.75. The molecule has 154 valence electrons. The van der Waals surface area contributed by atoms with Crippen molar-refractivity contribution < 1.29 is 4.79 Å². The third kappa shape index (κ3) is 18.1. The third-order valence-electron chi connectivity index (χ3n) is 4.61. The second-order valence-corrected chi connectivity index (χ2v) is 7.09. The topological polar surface area (TPSA) is 101 Å². The molecule has 0 spiro atoms. The molecule has 0 aromatic rings. The molecule has 0 saturated heterocycles. The molecule has 0 bridgehead atoms. The predicted octanol–water partition coefficient (Wildman–Crippen LogP) is 2.38. The lowest BCUT2D eigenvalue weighted by Gasteiger charge is -2.18. The molecule has 2 radical (unpaired) electrons. The third-order valence-corrected chi connectivity index (χ3v) is 4.61. The number of unbranched alkanes of at least 4 members (excludes halogenated alkanes) is 5. The van der Waals surface area contributed by atoms with Crippen LogP contribution in [0.4, 0.5) is 0 Å². The lowest BCUT2D eigenvalue weighted by molar-refractivity contribution is -0.120. The van der Waals surface area contributed by atoms with Gasteiger partial charge in [0.1, 0.15) is 0 Å². The zero-order chi connectivity index (χ0) is 19.3. The summed E-state index contributed by atoms with van der Waals surface area (Å²) in [6, 6.07) is 0. The molecule has 0 aromatic heterocycles. The van der Waals surface area contributed by atoms with Crippen molar-refractivity contribution >= 4 is 5.91 Å². The minimum atomic E-state index is 0.151. The van der Waals surface area contributed by atoms with Gasteiger partial charge in [-0.05, 0) is 70.6 Å². The van der Waals surface area contributed by atoms with E-state index in [1.165, 1.54) is 25.7 Å². The molecule has 0 unspecified atom stereocenters. The van der Waals surface area contributed by atoms with Gasteiger partial charge in [-0.25, -0.2) is 0 Å². The van der Waals surface area contributed by atoms with E-state index in [2.05, 4.69) is 16.0 Å². The summed E-state index contributed by atoms with van der Waals surface area (Å²) in [6.07, 6.45) is 10.7. The summed E-state index contributed by atoms with van der Waals surface area (Å²) in [5.74, 6) is 0.805. The van der Waals surface area contributed by atoms with Crippen LogP contribution in [0.2, 0.25) is 0 Å². The van der Waals surface area contributed by atoms with Gasteiger partial charge in [0.25, 0.3) is 0 Å². The first-order valence-corrected chi connectivity index (χ1v) is 10.7. The zero-order valence-corrected chi connectivity index (χ0v) is 17.0. The van der Waals surface area contributed by atoms with Crippen molar-refractivity contribution in [1.82, 2.24) is 27.4 Å². The van der Waals surface area contributed by atoms with Gasteiger partial charge in [-0.2, -0.15) is 0 Å². The van der Waals surface area contributed by atoms with Crippen molar-refractivity contribution in [3.05, 3.63) is 0 Å². The molecule has 6 heteroatoms. The number of amides is 1. The zero-order valence-electron chi connectivity index (χ0n) is 17.0. The summed E-state index contributed by atoms with van der Waals surface area (Å²) in [7, 11) is 0. The molecule has 5 N–H and O–H groups in total. The number of carbonyl (C=O) groups is 1. The highest BCUT2D eigenvalue weighted by Gasteiger charge is 2.08. The van der Waals surface area contributed by atoms with Crippen LogP contribution in [0.1, 0.15) is 71.1 Å². The molecule has 0 fully saturated rings. The Hall–Kier alpha value is -0.690. The molecule has 26 heavy (non-hydrogen) atoms. The minimum Gasteiger partial charge on any atom is -0.356 e. The van der Waals surface area contributed by atoms with E-state index in [-0.39, 0.29) is 5.91 Å². The highest BCUT2D eigenvalue weighted by atomic mass is 16.1. The average molecular weight is 370 g/mol. The summed E-state index contributed by atoms with van der Waals surface area (Å²) >= 11 is 0. The van der Waals surface area contributed by atoms with E-state index in [1.807, 2.05) is 6.92 Å². The van der Waals surface area contributed by atoms with E-state index < -0.39 is 0 Å². The lowest BCUT2D eigenvalue weighted by atomic mass is 10.00. The lowest BCUT2D eigenvalue weighted by Crippen LogP contribution is -2.32. The Balaban J connectivity index is 3.78. The van der Waals surface area contributed by atoms with Crippen molar-refractivity contribution in [2.45, 2.75) is 71.1 Å². The largest absolute Gasteiger partial charge is 0.356 e. The van der Waals surface area contributed by atoms with Crippen LogP contribution < -0.4 is 27.4 Å². The van der Waals surface area contributed by atoms with Crippen molar-refractivity contribution in [2.24, 2.45) is 5.92 Å². The van der Waals surface area contributed by atoms with E-state index in [1.54, 1.807) is 0 Å². The Bertz CT molecular complexity index is 288. The second kappa shape index (κ2) is 20.6. The number of carbonyl (C=O) groups excluding carboxylic acids is 1. The van der Waals surface area contributed by atoms with E-state index in [0.717, 1.165) is 64.8 Å². The number of rotatable bonds is 20. The summed E-state index contributed by atoms with van der Waals surface area (Å²) in [5, 5.41) is 10.0. The van der Waals surface area contributed by atoms with Crippen molar-refractivity contribution in [1.29, 1.82) is 0 Å². The van der Waals surface area contributed by atoms with Gasteiger partial charge in [0.05, 0.1) is 0 Å². The quantitative estimate of drug-likeness (QED) is 0.287. The Kier molecular flexibility index (Phi) is 20.1. The minimum absolute atomic E-state index is 0.151. The first-order valence-electron chi connectivity index (χ1n) is 10.7. The van der Waals surface area contributed by atoms with Gasteiger partial charge in [-0.1, -0.05) is 26.2 Å². The average Bonchev–Trinajstić information content (AvgIpc) is 2.65. The van der Waals surface area contributed by atoms with Gasteiger partial charge in [0.2, 0.25) is 5.91 Å². The van der Waals surface area contributed by atoms with Crippen LogP contribution in [0.25, 0.3) is 0 Å². The molecule has 6 nitrogen and oxygen atoms in total. The monoisotopic (exact) mass is 369 g/mol. The van der Waals surface area contributed by atoms with Gasteiger partial charge in [0.15, 0.2) is 0 Å². The fourth-order valence-corrected chi connectivity index (χ4v) is 2.90. The predicted molar refractivity (Wildman–Crippen MR) is 110 cm³/mol. The molecule has 0 aliphatic rings. The van der Waals surface area contributed by atoms with Crippen LogP contribution in [0.15, 0.2) is 0 Å². The van der Waals surface area contributed by atoms with Crippen LogP contribution in [-0.4, -0.2) is 51.7 Å². The molecule has 0 aromatic carbocycles. The fraction of sp³-hybridized carbons (Fsp3) is 0.950. The molecule has 0 saturated carbocycles. The maximum Gasteiger partial charge on any atom is 0.219 e. The molecule has 0 aliphatic heterocycles. The second-order valence-electron chi connectivity index (χ2n) is 7.09. The Morgan fingerprint density at radius 1 is 0.769 bits per heavy atom. The molecular formula is C20H43N5O. The molecule has 0 rings (SSSR count). The first kappa shape index (κ1) is 25.3. The summed E-state index contributed by atoms with van der Waals surface area (Å²) in [5.41, 5.74) is 14.4. The number of hydrogen-bond donors (Lipinski definition) is 3. The Labute approximate surface area is 161 Å². The molecule has 0 atom stereocenters. The highest BCUT2D eigenvalue weighted by Crippen LogP contribution is 2.10. The smallest absolute Gasteiger partial charge is 0.219 e. The van der Waals surface area contributed by atoms with E-state index >= 15 is 0 Å². The van der Waals surface area contributed by atoms with E-state index in [4.69, 9.17) is 11.5 Å². The molecule has 0 heterocycles. The first-order chi connectivity index (χ1) is 12.7. The molecular weight excluding hydrogens is 326 g/mol. The van der Waals surface area contributed by atoms with Crippen molar-refractivity contribution in [3.8, 4) is 0 Å². The van der Waals surface area contributed by atoms with Gasteiger partial charge in [-0.15, -0.1) is 0 Å². The maximum absolute atomic E-state index is 11.2. The van der Waals surface area contributed by atoms with E-state index in [0.29, 0.717) is 25.4 Å². The van der Waals surface area contributed by atoms with Crippen molar-refractivity contribution in [3.63, 3.8) is 0 Å². The van der Waals surface area contributed by atoms with Gasteiger partial charge in [-0.3, -0.25) is 16.3 Å². The Morgan fingerprint density at radius 3 is 1.85 bits per heavy atom. The van der Waals surface area contributed by atoms with Gasteiger partial charge in [0, 0.05) is 26.1 Å². The van der Waals surface area contributed by atoms with Crippen LogP contribution >= 0.6 is 0 Å². The van der Waals surface area contributed by atoms with Crippen molar-refractivity contribution in [2.75, 3.05) is 45.8 Å². The Morgan fingerprint density at radius 2 is 1.31 bits per heavy atom. The van der Waals surface area contributed by atoms with Crippen LogP contribution in [-0.2, 0) is 4.79 Å². The molecule has 1 amide bonds. The van der Waals surface area contributed by atoms with Crippen LogP contribution in [0, 0.1) is 5.92 Å². The fourth-order valence-electron chi connectivity index (χ4n) is 2.90. The van der Waals surface area contributed by atoms with Crippen LogP contribution in [0.3, 0.4) is 0 Å². The summed E-state index contributed by atoms with van der Waals surface area (Å²) in [4.78, 5) is 11.2. The normalized spacial score (nSPS) is 11.2.